The first-order valence-electron chi connectivity index (χ1n) is 10.8. The number of ether oxygens (including phenoxy) is 1. The highest BCUT2D eigenvalue weighted by atomic mass is 32.2. The van der Waals surface area contributed by atoms with E-state index in [-0.39, 0.29) is 17.5 Å². The van der Waals surface area contributed by atoms with Crippen LogP contribution in [-0.2, 0) is 14.8 Å². The molecule has 0 spiro atoms. The minimum absolute atomic E-state index is 0.0450. The number of nitrogens with one attached hydrogen (secondary N) is 1. The van der Waals surface area contributed by atoms with Crippen molar-refractivity contribution >= 4 is 27.3 Å². The minimum atomic E-state index is -3.97. The maximum Gasteiger partial charge on any atom is 0.264 e. The van der Waals surface area contributed by atoms with Gasteiger partial charge in [-0.05, 0) is 88.2 Å². The van der Waals surface area contributed by atoms with Crippen LogP contribution in [0.1, 0.15) is 30.5 Å². The maximum atomic E-state index is 13.6. The van der Waals surface area contributed by atoms with E-state index in [1.165, 1.54) is 4.31 Å². The summed E-state index contributed by atoms with van der Waals surface area (Å²) in [4.78, 5) is 13.1. The van der Waals surface area contributed by atoms with E-state index >= 15 is 0 Å². The fraction of sp³-hybridized carbons (Fsp3) is 0.269. The second kappa shape index (κ2) is 10.1. The number of anilines is 2. The van der Waals surface area contributed by atoms with E-state index in [0.29, 0.717) is 17.1 Å². The zero-order valence-electron chi connectivity index (χ0n) is 19.6. The van der Waals surface area contributed by atoms with Gasteiger partial charge in [0.15, 0.2) is 0 Å². The van der Waals surface area contributed by atoms with Gasteiger partial charge in [0.05, 0.1) is 16.7 Å². The van der Waals surface area contributed by atoms with Crippen molar-refractivity contribution in [2.45, 2.75) is 45.6 Å². The lowest BCUT2D eigenvalue weighted by Crippen LogP contribution is -2.38. The van der Waals surface area contributed by atoms with Gasteiger partial charge >= 0.3 is 0 Å². The molecule has 0 heterocycles. The van der Waals surface area contributed by atoms with Crippen LogP contribution in [0.25, 0.3) is 0 Å². The Morgan fingerprint density at radius 2 is 1.58 bits per heavy atom. The van der Waals surface area contributed by atoms with Crippen LogP contribution in [-0.4, -0.2) is 27.0 Å². The molecule has 1 N–H and O–H groups in total. The summed E-state index contributed by atoms with van der Waals surface area (Å²) in [5, 5.41) is 2.79. The summed E-state index contributed by atoms with van der Waals surface area (Å²) in [7, 11) is -3.97. The number of nitrogens with zero attached hydrogens (tertiary/aromatic N) is 1. The highest BCUT2D eigenvalue weighted by molar-refractivity contribution is 7.92. The van der Waals surface area contributed by atoms with E-state index in [1.807, 2.05) is 40.7 Å². The van der Waals surface area contributed by atoms with Crippen molar-refractivity contribution in [3.05, 3.63) is 83.4 Å². The fourth-order valence-electron chi connectivity index (χ4n) is 3.36. The molecule has 0 aliphatic carbocycles. The molecule has 7 heteroatoms. The molecular weight excluding hydrogens is 436 g/mol. The average molecular weight is 467 g/mol. The Kier molecular flexibility index (Phi) is 7.43. The van der Waals surface area contributed by atoms with Gasteiger partial charge in [-0.25, -0.2) is 8.42 Å². The second-order valence-corrected chi connectivity index (χ2v) is 10.1. The zero-order chi connectivity index (χ0) is 24.2. The van der Waals surface area contributed by atoms with Gasteiger partial charge in [-0.2, -0.15) is 0 Å². The van der Waals surface area contributed by atoms with Crippen molar-refractivity contribution in [3.63, 3.8) is 0 Å². The topological polar surface area (TPSA) is 75.7 Å². The lowest BCUT2D eigenvalue weighted by molar-refractivity contribution is -0.114. The Balaban J connectivity index is 1.90. The molecule has 0 atom stereocenters. The van der Waals surface area contributed by atoms with Crippen LogP contribution in [0.15, 0.2) is 71.6 Å². The van der Waals surface area contributed by atoms with E-state index in [4.69, 9.17) is 4.74 Å². The molecule has 33 heavy (non-hydrogen) atoms. The van der Waals surface area contributed by atoms with Crippen molar-refractivity contribution in [3.8, 4) is 5.75 Å². The zero-order valence-corrected chi connectivity index (χ0v) is 20.4. The normalized spacial score (nSPS) is 11.3. The van der Waals surface area contributed by atoms with Gasteiger partial charge in [-0.3, -0.25) is 9.10 Å². The smallest absolute Gasteiger partial charge is 0.264 e. The molecule has 0 aliphatic heterocycles. The summed E-state index contributed by atoms with van der Waals surface area (Å²) in [6.45, 7) is 9.18. The molecule has 0 radical (unpaired) electrons. The molecule has 3 aromatic carbocycles. The molecule has 0 aromatic heterocycles. The summed E-state index contributed by atoms with van der Waals surface area (Å²) in [6.07, 6.45) is 0.0450. The number of carbonyl (C=O) groups excluding carboxylic acids is 1. The third-order valence-electron chi connectivity index (χ3n) is 5.25. The number of sulfonamides is 1. The molecule has 3 aromatic rings. The highest BCUT2D eigenvalue weighted by Crippen LogP contribution is 2.29. The van der Waals surface area contributed by atoms with Gasteiger partial charge in [0.2, 0.25) is 5.91 Å². The second-order valence-electron chi connectivity index (χ2n) is 8.28. The number of carbonyl (C=O) groups is 1. The number of hydrogen-bond acceptors (Lipinski definition) is 4. The molecule has 6 nitrogen and oxygen atoms in total. The SMILES string of the molecule is Cc1ccc(S(=O)(=O)N(CC(=O)Nc2ccc(OC(C)C)cc2)c2cccc(C)c2C)cc1. The van der Waals surface area contributed by atoms with Gasteiger partial charge in [-0.15, -0.1) is 0 Å². The Morgan fingerprint density at radius 3 is 2.18 bits per heavy atom. The number of benzene rings is 3. The molecule has 0 bridgehead atoms. The predicted molar refractivity (Wildman–Crippen MR) is 132 cm³/mol. The van der Waals surface area contributed by atoms with Crippen LogP contribution in [0.4, 0.5) is 11.4 Å². The lowest BCUT2D eigenvalue weighted by Gasteiger charge is -2.26. The number of amides is 1. The molecule has 174 valence electrons. The van der Waals surface area contributed by atoms with E-state index < -0.39 is 15.9 Å². The van der Waals surface area contributed by atoms with Gasteiger partial charge in [0, 0.05) is 5.69 Å². The molecule has 0 unspecified atom stereocenters. The molecule has 0 saturated heterocycles. The van der Waals surface area contributed by atoms with Crippen molar-refractivity contribution < 1.29 is 17.9 Å². The van der Waals surface area contributed by atoms with Crippen molar-refractivity contribution in [2.24, 2.45) is 0 Å². The fourth-order valence-corrected chi connectivity index (χ4v) is 4.84. The quantitative estimate of drug-likeness (QED) is 0.493. The van der Waals surface area contributed by atoms with E-state index in [0.717, 1.165) is 16.7 Å². The van der Waals surface area contributed by atoms with E-state index in [9.17, 15) is 13.2 Å². The maximum absolute atomic E-state index is 13.6. The standard InChI is InChI=1S/C26H30N2O4S/c1-18(2)32-23-13-11-22(12-14-23)27-26(29)17-28(25-8-6-7-20(4)21(25)5)33(30,31)24-15-9-19(3)10-16-24/h6-16,18H,17H2,1-5H3,(H,27,29). The van der Waals surface area contributed by atoms with Gasteiger partial charge in [0.25, 0.3) is 10.0 Å². The summed E-state index contributed by atoms with van der Waals surface area (Å²) in [5.74, 6) is 0.256. The molecule has 0 saturated carbocycles. The van der Waals surface area contributed by atoms with Crippen LogP contribution in [0.5, 0.6) is 5.75 Å². The Morgan fingerprint density at radius 1 is 0.939 bits per heavy atom. The minimum Gasteiger partial charge on any atom is -0.491 e. The molecule has 0 fully saturated rings. The van der Waals surface area contributed by atoms with Crippen molar-refractivity contribution in [2.75, 3.05) is 16.2 Å². The Labute approximate surface area is 196 Å². The first-order valence-corrected chi connectivity index (χ1v) is 12.2. The Bertz CT molecular complexity index is 1220. The molecular formula is C26H30N2O4S. The summed E-state index contributed by atoms with van der Waals surface area (Å²) in [6, 6.07) is 19.0. The van der Waals surface area contributed by atoms with Crippen LogP contribution >= 0.6 is 0 Å². The lowest BCUT2D eigenvalue weighted by atomic mass is 10.1. The van der Waals surface area contributed by atoms with Gasteiger partial charge < -0.3 is 10.1 Å². The van der Waals surface area contributed by atoms with Crippen LogP contribution in [0.3, 0.4) is 0 Å². The predicted octanol–water partition coefficient (Wildman–Crippen LogP) is 5.23. The number of hydrogen-bond donors (Lipinski definition) is 1. The summed E-state index contributed by atoms with van der Waals surface area (Å²) in [5.41, 5.74) is 3.74. The van der Waals surface area contributed by atoms with Gasteiger partial charge in [-0.1, -0.05) is 29.8 Å². The number of rotatable bonds is 8. The molecule has 1 amide bonds. The van der Waals surface area contributed by atoms with Crippen LogP contribution in [0, 0.1) is 20.8 Å². The third-order valence-corrected chi connectivity index (χ3v) is 7.02. The van der Waals surface area contributed by atoms with Crippen LogP contribution in [0.2, 0.25) is 0 Å². The first-order chi connectivity index (χ1) is 15.6. The first kappa shape index (κ1) is 24.3. The summed E-state index contributed by atoms with van der Waals surface area (Å²) < 4.78 is 33.9. The molecule has 0 aliphatic rings. The average Bonchev–Trinajstić information content (AvgIpc) is 2.75. The largest absolute Gasteiger partial charge is 0.491 e. The molecule has 3 rings (SSSR count). The van der Waals surface area contributed by atoms with Crippen molar-refractivity contribution in [1.82, 2.24) is 0 Å². The number of aryl methyl sites for hydroxylation is 2. The monoisotopic (exact) mass is 466 g/mol. The van der Waals surface area contributed by atoms with E-state index in [2.05, 4.69) is 5.32 Å². The van der Waals surface area contributed by atoms with Gasteiger partial charge in [0.1, 0.15) is 12.3 Å². The highest BCUT2D eigenvalue weighted by Gasteiger charge is 2.28. The summed E-state index contributed by atoms with van der Waals surface area (Å²) >= 11 is 0. The van der Waals surface area contributed by atoms with E-state index in [1.54, 1.807) is 60.7 Å². The third kappa shape index (κ3) is 5.93. The van der Waals surface area contributed by atoms with Crippen LogP contribution < -0.4 is 14.4 Å². The van der Waals surface area contributed by atoms with Crippen molar-refractivity contribution in [1.29, 1.82) is 0 Å². The Hall–Kier alpha value is -3.32.